The number of rotatable bonds is 3. The smallest absolute Gasteiger partial charge is 0.0755 e. The van der Waals surface area contributed by atoms with Crippen LogP contribution in [0.2, 0.25) is 0 Å². The molecule has 3 atom stereocenters. The minimum Gasteiger partial charge on any atom is -0.376 e. The summed E-state index contributed by atoms with van der Waals surface area (Å²) < 4.78 is 5.56. The lowest BCUT2D eigenvalue weighted by Gasteiger charge is -2.22. The van der Waals surface area contributed by atoms with E-state index < -0.39 is 0 Å². The van der Waals surface area contributed by atoms with Gasteiger partial charge in [0, 0.05) is 12.6 Å². The van der Waals surface area contributed by atoms with E-state index in [-0.39, 0.29) is 12.1 Å². The zero-order chi connectivity index (χ0) is 9.14. The maximum absolute atomic E-state index is 5.98. The molecule has 70 valence electrons. The highest BCUT2D eigenvalue weighted by atomic mass is 16.5. The van der Waals surface area contributed by atoms with E-state index in [0.29, 0.717) is 5.92 Å². The van der Waals surface area contributed by atoms with Gasteiger partial charge in [-0.25, -0.2) is 0 Å². The van der Waals surface area contributed by atoms with E-state index in [0.717, 1.165) is 25.0 Å². The lowest BCUT2D eigenvalue weighted by atomic mass is 9.94. The van der Waals surface area contributed by atoms with Crippen LogP contribution in [0.15, 0.2) is 12.2 Å². The second kappa shape index (κ2) is 4.06. The predicted molar refractivity (Wildman–Crippen MR) is 50.9 cm³/mol. The summed E-state index contributed by atoms with van der Waals surface area (Å²) in [4.78, 5) is 0. The maximum atomic E-state index is 5.98. The molecule has 2 N–H and O–H groups in total. The highest BCUT2D eigenvalue weighted by Crippen LogP contribution is 2.24. The van der Waals surface area contributed by atoms with Gasteiger partial charge in [0.25, 0.3) is 0 Å². The van der Waals surface area contributed by atoms with Crippen molar-refractivity contribution in [3.8, 4) is 0 Å². The van der Waals surface area contributed by atoms with Gasteiger partial charge in [-0.15, -0.1) is 6.58 Å². The van der Waals surface area contributed by atoms with Gasteiger partial charge in [0.1, 0.15) is 0 Å². The van der Waals surface area contributed by atoms with Crippen LogP contribution in [0.5, 0.6) is 0 Å². The summed E-state index contributed by atoms with van der Waals surface area (Å²) in [5.74, 6) is 0.611. The van der Waals surface area contributed by atoms with E-state index in [4.69, 9.17) is 10.5 Å². The number of nitrogens with two attached hydrogens (primary N) is 1. The van der Waals surface area contributed by atoms with Crippen LogP contribution in [-0.4, -0.2) is 18.8 Å². The molecule has 0 aromatic carbocycles. The molecule has 1 aliphatic heterocycles. The average Bonchev–Trinajstić information content (AvgIpc) is 2.33. The molecular weight excluding hydrogens is 150 g/mol. The normalized spacial score (nSPS) is 31.9. The lowest BCUT2D eigenvalue weighted by molar-refractivity contribution is 0.0726. The van der Waals surface area contributed by atoms with Crippen LogP contribution in [0.4, 0.5) is 0 Å². The summed E-state index contributed by atoms with van der Waals surface area (Å²) in [6.07, 6.45) is 2.28. The second-order valence-corrected chi connectivity index (χ2v) is 3.93. The van der Waals surface area contributed by atoms with E-state index in [1.807, 2.05) is 6.92 Å². The van der Waals surface area contributed by atoms with Crippen molar-refractivity contribution in [2.75, 3.05) is 6.61 Å². The molecule has 2 nitrogen and oxygen atoms in total. The first kappa shape index (κ1) is 9.75. The molecule has 0 amide bonds. The summed E-state index contributed by atoms with van der Waals surface area (Å²) in [5, 5.41) is 0. The molecule has 1 rings (SSSR count). The standard InChI is InChI=1S/C10H19NO/c1-7(2)6-9(11)10-8(3)4-5-12-10/h8-10H,1,4-6,11H2,2-3H3. The first-order chi connectivity index (χ1) is 5.61. The van der Waals surface area contributed by atoms with Crippen LogP contribution in [0.3, 0.4) is 0 Å². The molecule has 0 bridgehead atoms. The third-order valence-electron chi connectivity index (χ3n) is 2.45. The van der Waals surface area contributed by atoms with Crippen molar-refractivity contribution >= 4 is 0 Å². The Morgan fingerprint density at radius 1 is 1.75 bits per heavy atom. The molecule has 0 aromatic heterocycles. The Balaban J connectivity index is 2.40. The molecular formula is C10H19NO. The second-order valence-electron chi connectivity index (χ2n) is 3.93. The molecule has 0 aromatic rings. The highest BCUT2D eigenvalue weighted by Gasteiger charge is 2.29. The zero-order valence-electron chi connectivity index (χ0n) is 8.05. The zero-order valence-corrected chi connectivity index (χ0v) is 8.05. The van der Waals surface area contributed by atoms with Crippen molar-refractivity contribution in [2.45, 2.75) is 38.8 Å². The van der Waals surface area contributed by atoms with Crippen molar-refractivity contribution < 1.29 is 4.74 Å². The molecule has 2 heteroatoms. The molecule has 3 unspecified atom stereocenters. The third kappa shape index (κ3) is 2.32. The molecule has 0 radical (unpaired) electrons. The first-order valence-corrected chi connectivity index (χ1v) is 4.63. The molecule has 1 fully saturated rings. The van der Waals surface area contributed by atoms with Crippen LogP contribution in [-0.2, 0) is 4.74 Å². The number of hydrogen-bond donors (Lipinski definition) is 1. The van der Waals surface area contributed by atoms with Crippen LogP contribution >= 0.6 is 0 Å². The van der Waals surface area contributed by atoms with E-state index in [9.17, 15) is 0 Å². The van der Waals surface area contributed by atoms with Gasteiger partial charge < -0.3 is 10.5 Å². The molecule has 0 saturated carbocycles. The summed E-state index contributed by atoms with van der Waals surface area (Å²) in [6, 6.07) is 0.139. The van der Waals surface area contributed by atoms with E-state index in [1.54, 1.807) is 0 Å². The average molecular weight is 169 g/mol. The molecule has 1 heterocycles. The number of ether oxygens (including phenoxy) is 1. The first-order valence-electron chi connectivity index (χ1n) is 4.63. The molecule has 0 aliphatic carbocycles. The van der Waals surface area contributed by atoms with Gasteiger partial charge in [0.2, 0.25) is 0 Å². The SMILES string of the molecule is C=C(C)CC(N)C1OCCC1C. The fourth-order valence-corrected chi connectivity index (χ4v) is 1.78. The lowest BCUT2D eigenvalue weighted by Crippen LogP contribution is -2.37. The molecule has 1 saturated heterocycles. The van der Waals surface area contributed by atoms with Crippen LogP contribution in [0.1, 0.15) is 26.7 Å². The van der Waals surface area contributed by atoms with Gasteiger partial charge in [-0.1, -0.05) is 12.5 Å². The Morgan fingerprint density at radius 3 is 2.83 bits per heavy atom. The minimum atomic E-state index is 0.139. The fourth-order valence-electron chi connectivity index (χ4n) is 1.78. The predicted octanol–water partition coefficient (Wildman–Crippen LogP) is 1.70. The van der Waals surface area contributed by atoms with Crippen LogP contribution < -0.4 is 5.73 Å². The van der Waals surface area contributed by atoms with Gasteiger partial charge in [-0.2, -0.15) is 0 Å². The Labute approximate surface area is 74.8 Å². The quantitative estimate of drug-likeness (QED) is 0.653. The Morgan fingerprint density at radius 2 is 2.42 bits per heavy atom. The van der Waals surface area contributed by atoms with E-state index in [2.05, 4.69) is 13.5 Å². The van der Waals surface area contributed by atoms with Gasteiger partial charge in [-0.05, 0) is 25.7 Å². The summed E-state index contributed by atoms with van der Waals surface area (Å²) in [5.41, 5.74) is 7.13. The summed E-state index contributed by atoms with van der Waals surface area (Å²) >= 11 is 0. The van der Waals surface area contributed by atoms with Crippen molar-refractivity contribution in [1.29, 1.82) is 0 Å². The van der Waals surface area contributed by atoms with Gasteiger partial charge >= 0.3 is 0 Å². The summed E-state index contributed by atoms with van der Waals surface area (Å²) in [7, 11) is 0. The largest absolute Gasteiger partial charge is 0.376 e. The van der Waals surface area contributed by atoms with Crippen molar-refractivity contribution in [3.05, 3.63) is 12.2 Å². The topological polar surface area (TPSA) is 35.2 Å². The van der Waals surface area contributed by atoms with Gasteiger partial charge in [0.15, 0.2) is 0 Å². The Kier molecular flexibility index (Phi) is 3.29. The van der Waals surface area contributed by atoms with E-state index >= 15 is 0 Å². The van der Waals surface area contributed by atoms with Crippen molar-refractivity contribution in [1.82, 2.24) is 0 Å². The molecule has 1 aliphatic rings. The van der Waals surface area contributed by atoms with E-state index in [1.165, 1.54) is 0 Å². The summed E-state index contributed by atoms with van der Waals surface area (Å²) in [6.45, 7) is 8.94. The van der Waals surface area contributed by atoms with Crippen molar-refractivity contribution in [2.24, 2.45) is 11.7 Å². The van der Waals surface area contributed by atoms with Crippen LogP contribution in [0, 0.1) is 5.92 Å². The highest BCUT2D eigenvalue weighted by molar-refractivity contribution is 4.96. The molecule has 12 heavy (non-hydrogen) atoms. The third-order valence-corrected chi connectivity index (χ3v) is 2.45. The van der Waals surface area contributed by atoms with Gasteiger partial charge in [-0.3, -0.25) is 0 Å². The Bertz CT molecular complexity index is 167. The van der Waals surface area contributed by atoms with Crippen LogP contribution in [0.25, 0.3) is 0 Å². The monoisotopic (exact) mass is 169 g/mol. The van der Waals surface area contributed by atoms with Crippen molar-refractivity contribution in [3.63, 3.8) is 0 Å². The maximum Gasteiger partial charge on any atom is 0.0755 e. The van der Waals surface area contributed by atoms with Gasteiger partial charge in [0.05, 0.1) is 6.10 Å². The fraction of sp³-hybridized carbons (Fsp3) is 0.800. The number of hydrogen-bond acceptors (Lipinski definition) is 2. The Hall–Kier alpha value is -0.340. The molecule has 0 spiro atoms. The minimum absolute atomic E-state index is 0.139.